The van der Waals surface area contributed by atoms with Gasteiger partial charge in [-0.1, -0.05) is 6.92 Å². The molecule has 2 saturated heterocycles. The van der Waals surface area contributed by atoms with Crippen molar-refractivity contribution in [2.75, 3.05) is 32.7 Å². The molecule has 70 valence electrons. The van der Waals surface area contributed by atoms with E-state index in [-0.39, 0.29) is 0 Å². The molecule has 0 aliphatic carbocycles. The fourth-order valence-corrected chi connectivity index (χ4v) is 2.33. The van der Waals surface area contributed by atoms with Crippen molar-refractivity contribution in [3.05, 3.63) is 0 Å². The van der Waals surface area contributed by atoms with Crippen molar-refractivity contribution in [1.29, 1.82) is 0 Å². The molecule has 0 amide bonds. The van der Waals surface area contributed by atoms with E-state index in [0.29, 0.717) is 12.6 Å². The van der Waals surface area contributed by atoms with Gasteiger partial charge in [-0.25, -0.2) is 4.39 Å². The minimum Gasteiger partial charge on any atom is -0.301 e. The summed E-state index contributed by atoms with van der Waals surface area (Å²) < 4.78 is 13.0. The van der Waals surface area contributed by atoms with E-state index in [0.717, 1.165) is 32.6 Å². The van der Waals surface area contributed by atoms with Crippen LogP contribution in [-0.2, 0) is 0 Å². The van der Waals surface area contributed by atoms with Crippen LogP contribution >= 0.6 is 0 Å². The maximum Gasteiger partial charge on any atom is 0.114 e. The highest BCUT2D eigenvalue weighted by molar-refractivity contribution is 4.90. The molecule has 0 bridgehead atoms. The van der Waals surface area contributed by atoms with Gasteiger partial charge in [0.25, 0.3) is 0 Å². The summed E-state index contributed by atoms with van der Waals surface area (Å²) >= 11 is 0. The summed E-state index contributed by atoms with van der Waals surface area (Å²) in [5.74, 6) is 0. The Balaban J connectivity index is 1.93. The molecular weight excluding hydrogens is 155 g/mol. The number of halogens is 1. The van der Waals surface area contributed by atoms with Crippen LogP contribution in [0.5, 0.6) is 0 Å². The number of nitrogens with zero attached hydrogens (tertiary/aromatic N) is 2. The molecule has 12 heavy (non-hydrogen) atoms. The van der Waals surface area contributed by atoms with Crippen molar-refractivity contribution in [2.24, 2.45) is 0 Å². The summed E-state index contributed by atoms with van der Waals surface area (Å²) in [6.45, 7) is 7.25. The zero-order valence-electron chi connectivity index (χ0n) is 7.67. The smallest absolute Gasteiger partial charge is 0.114 e. The van der Waals surface area contributed by atoms with Gasteiger partial charge in [0.1, 0.15) is 6.17 Å². The summed E-state index contributed by atoms with van der Waals surface area (Å²) in [6.07, 6.45) is 0.197. The lowest BCUT2D eigenvalue weighted by Crippen LogP contribution is -2.49. The summed E-state index contributed by atoms with van der Waals surface area (Å²) in [6, 6.07) is 0.508. The SMILES string of the molecule is CCN1CCN2C[C@H](F)CC2C1. The lowest BCUT2D eigenvalue weighted by atomic mass is 10.1. The Hall–Kier alpha value is -0.150. The third kappa shape index (κ3) is 1.48. The highest BCUT2D eigenvalue weighted by atomic mass is 19.1. The molecule has 2 aliphatic heterocycles. The first-order valence-electron chi connectivity index (χ1n) is 4.90. The molecule has 0 N–H and O–H groups in total. The standard InChI is InChI=1S/C9H17FN2/c1-2-11-3-4-12-6-8(10)5-9(12)7-11/h8-9H,2-7H2,1H3/t8-,9?/m1/s1. The van der Waals surface area contributed by atoms with Gasteiger partial charge in [0, 0.05) is 32.2 Å². The second-order valence-corrected chi connectivity index (χ2v) is 3.87. The number of rotatable bonds is 1. The molecule has 3 heteroatoms. The lowest BCUT2D eigenvalue weighted by Gasteiger charge is -2.36. The van der Waals surface area contributed by atoms with Crippen LogP contribution in [0.3, 0.4) is 0 Å². The summed E-state index contributed by atoms with van der Waals surface area (Å²) in [5, 5.41) is 0. The van der Waals surface area contributed by atoms with E-state index in [9.17, 15) is 4.39 Å². The largest absolute Gasteiger partial charge is 0.301 e. The van der Waals surface area contributed by atoms with Crippen molar-refractivity contribution in [3.63, 3.8) is 0 Å². The van der Waals surface area contributed by atoms with Gasteiger partial charge in [0.15, 0.2) is 0 Å². The molecule has 0 aromatic rings. The first-order valence-corrected chi connectivity index (χ1v) is 4.90. The van der Waals surface area contributed by atoms with E-state index >= 15 is 0 Å². The van der Waals surface area contributed by atoms with Gasteiger partial charge in [-0.3, -0.25) is 4.90 Å². The molecule has 2 atom stereocenters. The maximum atomic E-state index is 13.0. The first-order chi connectivity index (χ1) is 5.79. The van der Waals surface area contributed by atoms with Gasteiger partial charge in [-0.2, -0.15) is 0 Å². The van der Waals surface area contributed by atoms with Gasteiger partial charge in [-0.05, 0) is 13.0 Å². The highest BCUT2D eigenvalue weighted by Gasteiger charge is 2.35. The van der Waals surface area contributed by atoms with Crippen LogP contribution in [0.4, 0.5) is 4.39 Å². The number of fused-ring (bicyclic) bond motifs is 1. The molecule has 2 fully saturated rings. The number of alkyl halides is 1. The molecule has 0 saturated carbocycles. The van der Waals surface area contributed by atoms with E-state index in [2.05, 4.69) is 16.7 Å². The molecule has 0 aromatic heterocycles. The van der Waals surface area contributed by atoms with Crippen molar-refractivity contribution in [2.45, 2.75) is 25.6 Å². The molecule has 1 unspecified atom stereocenters. The fourth-order valence-electron chi connectivity index (χ4n) is 2.33. The summed E-state index contributed by atoms with van der Waals surface area (Å²) in [7, 11) is 0. The van der Waals surface area contributed by atoms with Gasteiger partial charge in [0.2, 0.25) is 0 Å². The maximum absolute atomic E-state index is 13.0. The summed E-state index contributed by atoms with van der Waals surface area (Å²) in [4.78, 5) is 4.72. The number of hydrogen-bond acceptors (Lipinski definition) is 2. The molecule has 0 spiro atoms. The van der Waals surface area contributed by atoms with Crippen molar-refractivity contribution < 1.29 is 4.39 Å². The fraction of sp³-hybridized carbons (Fsp3) is 1.00. The number of hydrogen-bond donors (Lipinski definition) is 0. The average Bonchev–Trinajstić information content (AvgIpc) is 2.43. The molecule has 2 nitrogen and oxygen atoms in total. The minimum atomic E-state index is -0.563. The van der Waals surface area contributed by atoms with Crippen LogP contribution in [-0.4, -0.2) is 54.7 Å². The predicted molar refractivity (Wildman–Crippen MR) is 47.0 cm³/mol. The highest BCUT2D eigenvalue weighted by Crippen LogP contribution is 2.23. The Kier molecular flexibility index (Phi) is 2.33. The van der Waals surface area contributed by atoms with E-state index < -0.39 is 6.17 Å². The predicted octanol–water partition coefficient (Wildman–Crippen LogP) is 0.734. The van der Waals surface area contributed by atoms with Gasteiger partial charge in [0.05, 0.1) is 0 Å². The van der Waals surface area contributed by atoms with Crippen molar-refractivity contribution >= 4 is 0 Å². The Bertz CT molecular complexity index is 163. The molecule has 0 aromatic carbocycles. The molecule has 2 aliphatic rings. The van der Waals surface area contributed by atoms with Gasteiger partial charge >= 0.3 is 0 Å². The van der Waals surface area contributed by atoms with Crippen molar-refractivity contribution in [1.82, 2.24) is 9.80 Å². The Morgan fingerprint density at radius 2 is 2.17 bits per heavy atom. The van der Waals surface area contributed by atoms with Crippen molar-refractivity contribution in [3.8, 4) is 0 Å². The third-order valence-corrected chi connectivity index (χ3v) is 3.10. The Morgan fingerprint density at radius 3 is 2.92 bits per heavy atom. The van der Waals surface area contributed by atoms with Crippen LogP contribution < -0.4 is 0 Å². The van der Waals surface area contributed by atoms with Gasteiger partial charge < -0.3 is 4.90 Å². The molecular formula is C9H17FN2. The van der Waals surface area contributed by atoms with Crippen LogP contribution in [0.1, 0.15) is 13.3 Å². The minimum absolute atomic E-state index is 0.508. The molecule has 0 radical (unpaired) electrons. The zero-order valence-corrected chi connectivity index (χ0v) is 7.67. The van der Waals surface area contributed by atoms with E-state index in [4.69, 9.17) is 0 Å². The monoisotopic (exact) mass is 172 g/mol. The van der Waals surface area contributed by atoms with Crippen LogP contribution in [0.15, 0.2) is 0 Å². The Labute approximate surface area is 73.3 Å². The quantitative estimate of drug-likeness (QED) is 0.575. The molecule has 2 heterocycles. The van der Waals surface area contributed by atoms with Crippen LogP contribution in [0, 0.1) is 0 Å². The zero-order chi connectivity index (χ0) is 8.55. The number of likely N-dealkylation sites (N-methyl/N-ethyl adjacent to an activating group) is 1. The third-order valence-electron chi connectivity index (χ3n) is 3.10. The topological polar surface area (TPSA) is 6.48 Å². The Morgan fingerprint density at radius 1 is 1.33 bits per heavy atom. The second kappa shape index (κ2) is 3.30. The number of piperazine rings is 1. The average molecular weight is 172 g/mol. The summed E-state index contributed by atoms with van der Waals surface area (Å²) in [5.41, 5.74) is 0. The van der Waals surface area contributed by atoms with E-state index in [1.165, 1.54) is 0 Å². The molecule has 2 rings (SSSR count). The van der Waals surface area contributed by atoms with Crippen LogP contribution in [0.2, 0.25) is 0 Å². The lowest BCUT2D eigenvalue weighted by molar-refractivity contribution is 0.108. The van der Waals surface area contributed by atoms with E-state index in [1.54, 1.807) is 0 Å². The van der Waals surface area contributed by atoms with Gasteiger partial charge in [-0.15, -0.1) is 0 Å². The second-order valence-electron chi connectivity index (χ2n) is 3.87. The van der Waals surface area contributed by atoms with E-state index in [1.807, 2.05) is 0 Å². The first kappa shape index (κ1) is 8.45. The van der Waals surface area contributed by atoms with Crippen LogP contribution in [0.25, 0.3) is 0 Å². The normalized spacial score (nSPS) is 38.5.